The molecule has 0 atom stereocenters. The maximum Gasteiger partial charge on any atom is 0.267 e. The summed E-state index contributed by atoms with van der Waals surface area (Å²) < 4.78 is 0. The standard InChI is InChI=1S/C23H15N3O3S2/c1-13-19(31-21(24-13)14-9-10-30-12-14)20(27)25-15-5-4-6-16(11-15)26-22(28)17-7-2-3-8-18(17)23(26)29/h2-12H,1H3,(H,25,27). The Balaban J connectivity index is 1.40. The normalized spacial score (nSPS) is 12.9. The first-order valence-electron chi connectivity index (χ1n) is 9.42. The van der Waals surface area contributed by atoms with Gasteiger partial charge in [0.15, 0.2) is 0 Å². The van der Waals surface area contributed by atoms with Crippen LogP contribution in [0.4, 0.5) is 11.4 Å². The zero-order valence-electron chi connectivity index (χ0n) is 16.3. The average molecular weight is 446 g/mol. The number of fused-ring (bicyclic) bond motifs is 1. The lowest BCUT2D eigenvalue weighted by molar-refractivity contribution is 0.0925. The molecule has 5 rings (SSSR count). The predicted octanol–water partition coefficient (Wildman–Crippen LogP) is 5.23. The van der Waals surface area contributed by atoms with E-state index in [1.807, 2.05) is 16.8 Å². The highest BCUT2D eigenvalue weighted by molar-refractivity contribution is 7.17. The van der Waals surface area contributed by atoms with Crippen LogP contribution in [-0.4, -0.2) is 22.7 Å². The molecule has 0 radical (unpaired) electrons. The molecular formula is C23H15N3O3S2. The Labute approximate surface area is 185 Å². The monoisotopic (exact) mass is 445 g/mol. The van der Waals surface area contributed by atoms with Gasteiger partial charge in [0.25, 0.3) is 17.7 Å². The number of thiophene rings is 1. The number of aryl methyl sites for hydroxylation is 1. The van der Waals surface area contributed by atoms with E-state index in [0.717, 1.165) is 15.5 Å². The zero-order valence-corrected chi connectivity index (χ0v) is 17.9. The highest BCUT2D eigenvalue weighted by Crippen LogP contribution is 2.32. The van der Waals surface area contributed by atoms with Gasteiger partial charge in [0.2, 0.25) is 0 Å². The smallest absolute Gasteiger partial charge is 0.267 e. The van der Waals surface area contributed by atoms with Gasteiger partial charge in [-0.15, -0.1) is 11.3 Å². The van der Waals surface area contributed by atoms with Gasteiger partial charge >= 0.3 is 0 Å². The van der Waals surface area contributed by atoms with Gasteiger partial charge in [-0.3, -0.25) is 14.4 Å². The molecule has 1 aliphatic heterocycles. The second kappa shape index (κ2) is 7.57. The molecule has 2 aromatic carbocycles. The van der Waals surface area contributed by atoms with Gasteiger partial charge in [-0.1, -0.05) is 18.2 Å². The van der Waals surface area contributed by atoms with Crippen LogP contribution in [0, 0.1) is 6.92 Å². The SMILES string of the molecule is Cc1nc(-c2ccsc2)sc1C(=O)Nc1cccc(N2C(=O)c3ccccc3C2=O)c1. The fourth-order valence-corrected chi connectivity index (χ4v) is 5.12. The minimum atomic E-state index is -0.372. The third-order valence-electron chi connectivity index (χ3n) is 4.93. The second-order valence-corrected chi connectivity index (χ2v) is 8.72. The van der Waals surface area contributed by atoms with Gasteiger partial charge in [-0.2, -0.15) is 11.3 Å². The van der Waals surface area contributed by atoms with Gasteiger partial charge in [0.1, 0.15) is 9.88 Å². The first-order valence-corrected chi connectivity index (χ1v) is 11.2. The number of thiazole rings is 1. The van der Waals surface area contributed by atoms with Crippen LogP contribution in [0.2, 0.25) is 0 Å². The summed E-state index contributed by atoms with van der Waals surface area (Å²) in [6.45, 7) is 1.80. The van der Waals surface area contributed by atoms with Crippen LogP contribution >= 0.6 is 22.7 Å². The van der Waals surface area contributed by atoms with E-state index in [0.29, 0.717) is 33.1 Å². The molecule has 0 bridgehead atoms. The van der Waals surface area contributed by atoms with Crippen molar-refractivity contribution in [1.82, 2.24) is 4.98 Å². The Morgan fingerprint density at radius 3 is 2.42 bits per heavy atom. The van der Waals surface area contributed by atoms with Crippen molar-refractivity contribution in [3.8, 4) is 10.6 Å². The Morgan fingerprint density at radius 2 is 1.74 bits per heavy atom. The summed E-state index contributed by atoms with van der Waals surface area (Å²) in [6.07, 6.45) is 0. The number of carbonyl (C=O) groups excluding carboxylic acids is 3. The summed E-state index contributed by atoms with van der Waals surface area (Å²) >= 11 is 2.91. The van der Waals surface area contributed by atoms with Crippen LogP contribution in [0.5, 0.6) is 0 Å². The summed E-state index contributed by atoms with van der Waals surface area (Å²) in [7, 11) is 0. The lowest BCUT2D eigenvalue weighted by atomic mass is 10.1. The molecule has 0 aliphatic carbocycles. The van der Waals surface area contributed by atoms with E-state index in [-0.39, 0.29) is 17.7 Å². The molecule has 0 spiro atoms. The van der Waals surface area contributed by atoms with Gasteiger partial charge in [0, 0.05) is 16.6 Å². The van der Waals surface area contributed by atoms with Crippen molar-refractivity contribution in [1.29, 1.82) is 0 Å². The molecule has 3 heterocycles. The third kappa shape index (κ3) is 3.35. The number of amides is 3. The summed E-state index contributed by atoms with van der Waals surface area (Å²) in [5, 5.41) is 7.61. The topological polar surface area (TPSA) is 79.4 Å². The fourth-order valence-electron chi connectivity index (χ4n) is 3.45. The zero-order chi connectivity index (χ0) is 21.5. The van der Waals surface area contributed by atoms with Crippen molar-refractivity contribution in [3.05, 3.63) is 87.1 Å². The molecule has 6 nitrogen and oxygen atoms in total. The Kier molecular flexibility index (Phi) is 4.72. The third-order valence-corrected chi connectivity index (χ3v) is 6.82. The molecule has 152 valence electrons. The van der Waals surface area contributed by atoms with Crippen molar-refractivity contribution in [3.63, 3.8) is 0 Å². The minimum absolute atomic E-state index is 0.281. The van der Waals surface area contributed by atoms with E-state index in [2.05, 4.69) is 10.3 Å². The molecule has 8 heteroatoms. The molecule has 31 heavy (non-hydrogen) atoms. The lowest BCUT2D eigenvalue weighted by Crippen LogP contribution is -2.29. The number of imide groups is 1. The highest BCUT2D eigenvalue weighted by Gasteiger charge is 2.36. The van der Waals surface area contributed by atoms with E-state index in [1.165, 1.54) is 11.3 Å². The van der Waals surface area contributed by atoms with E-state index < -0.39 is 0 Å². The first kappa shape index (κ1) is 19.3. The first-order chi connectivity index (χ1) is 15.0. The molecule has 1 N–H and O–H groups in total. The molecule has 0 saturated heterocycles. The maximum atomic E-state index is 12.9. The fraction of sp³-hybridized carbons (Fsp3) is 0.0435. The van der Waals surface area contributed by atoms with Crippen LogP contribution in [0.3, 0.4) is 0 Å². The van der Waals surface area contributed by atoms with E-state index in [9.17, 15) is 14.4 Å². The number of anilines is 2. The summed E-state index contributed by atoms with van der Waals surface area (Å²) in [5.41, 5.74) is 3.30. The minimum Gasteiger partial charge on any atom is -0.321 e. The number of carbonyl (C=O) groups is 3. The number of aromatic nitrogens is 1. The Morgan fingerprint density at radius 1 is 1.00 bits per heavy atom. The van der Waals surface area contributed by atoms with Crippen molar-refractivity contribution in [2.24, 2.45) is 0 Å². The van der Waals surface area contributed by atoms with Crippen molar-refractivity contribution >= 4 is 51.8 Å². The molecule has 0 unspecified atom stereocenters. The quantitative estimate of drug-likeness (QED) is 0.436. The van der Waals surface area contributed by atoms with E-state index in [4.69, 9.17) is 0 Å². The second-order valence-electron chi connectivity index (χ2n) is 6.94. The number of nitrogens with one attached hydrogen (secondary N) is 1. The predicted molar refractivity (Wildman–Crippen MR) is 122 cm³/mol. The number of rotatable bonds is 4. The van der Waals surface area contributed by atoms with E-state index >= 15 is 0 Å². The van der Waals surface area contributed by atoms with Crippen LogP contribution in [0.15, 0.2) is 65.4 Å². The van der Waals surface area contributed by atoms with Crippen LogP contribution in [0.25, 0.3) is 10.6 Å². The molecular weight excluding hydrogens is 430 g/mol. The summed E-state index contributed by atoms with van der Waals surface area (Å²) in [6, 6.07) is 15.4. The molecule has 4 aromatic rings. The number of hydrogen-bond acceptors (Lipinski definition) is 6. The molecule has 3 amide bonds. The van der Waals surface area contributed by atoms with E-state index in [1.54, 1.807) is 66.8 Å². The number of hydrogen-bond donors (Lipinski definition) is 1. The van der Waals surface area contributed by atoms with Crippen LogP contribution < -0.4 is 10.2 Å². The number of benzene rings is 2. The largest absolute Gasteiger partial charge is 0.321 e. The molecule has 1 aliphatic rings. The Bertz CT molecular complexity index is 1310. The molecule has 0 fully saturated rings. The van der Waals surface area contributed by atoms with Crippen LogP contribution in [0.1, 0.15) is 36.1 Å². The van der Waals surface area contributed by atoms with Gasteiger partial charge in [-0.05, 0) is 48.7 Å². The van der Waals surface area contributed by atoms with Crippen LogP contribution in [-0.2, 0) is 0 Å². The summed E-state index contributed by atoms with van der Waals surface area (Å²) in [4.78, 5) is 44.5. The number of nitrogens with zero attached hydrogens (tertiary/aromatic N) is 2. The van der Waals surface area contributed by atoms with Crippen molar-refractivity contribution in [2.75, 3.05) is 10.2 Å². The Hall–Kier alpha value is -3.62. The maximum absolute atomic E-state index is 12.9. The average Bonchev–Trinajstić information content (AvgIpc) is 3.48. The van der Waals surface area contributed by atoms with Gasteiger partial charge in [0.05, 0.1) is 22.5 Å². The molecule has 0 saturated carbocycles. The lowest BCUT2D eigenvalue weighted by Gasteiger charge is -2.15. The molecule has 2 aromatic heterocycles. The van der Waals surface area contributed by atoms with Crippen molar-refractivity contribution < 1.29 is 14.4 Å². The van der Waals surface area contributed by atoms with Crippen molar-refractivity contribution in [2.45, 2.75) is 6.92 Å². The van der Waals surface area contributed by atoms with Gasteiger partial charge in [-0.25, -0.2) is 9.88 Å². The van der Waals surface area contributed by atoms with Gasteiger partial charge < -0.3 is 5.32 Å². The summed E-state index contributed by atoms with van der Waals surface area (Å²) in [5.74, 6) is -1.03. The highest BCUT2D eigenvalue weighted by atomic mass is 32.1.